The first-order chi connectivity index (χ1) is 13.6. The number of esters is 1. The van der Waals surface area contributed by atoms with Gasteiger partial charge >= 0.3 is 5.97 Å². The van der Waals surface area contributed by atoms with Gasteiger partial charge in [0.1, 0.15) is 11.4 Å². The second-order valence-corrected chi connectivity index (χ2v) is 7.93. The molecule has 7 nitrogen and oxygen atoms in total. The Balaban J connectivity index is 1.77. The van der Waals surface area contributed by atoms with E-state index in [1.165, 1.54) is 0 Å². The lowest BCUT2D eigenvalue weighted by Crippen LogP contribution is -2.31. The molecule has 5 rings (SSSR count). The Morgan fingerprint density at radius 2 is 2.18 bits per heavy atom. The molecule has 4 heterocycles. The Hall–Kier alpha value is -2.67. The second kappa shape index (κ2) is 6.44. The number of rotatable bonds is 3. The maximum Gasteiger partial charge on any atom is 0.343 e. The zero-order valence-corrected chi connectivity index (χ0v) is 15.9. The Bertz CT molecular complexity index is 1050. The number of pyridine rings is 2. The van der Waals surface area contributed by atoms with E-state index in [1.807, 2.05) is 0 Å². The molecule has 2 aromatic heterocycles. The molecule has 7 heteroatoms. The summed E-state index contributed by atoms with van der Waals surface area (Å²) in [5.41, 5.74) is 7.80. The van der Waals surface area contributed by atoms with E-state index in [4.69, 9.17) is 10.5 Å². The highest BCUT2D eigenvalue weighted by molar-refractivity contribution is 5.97. The molecule has 0 radical (unpaired) electrons. The number of aromatic nitrogens is 2. The van der Waals surface area contributed by atoms with E-state index in [2.05, 4.69) is 26.6 Å². The van der Waals surface area contributed by atoms with Crippen LogP contribution in [0.4, 0.5) is 5.82 Å². The first kappa shape index (κ1) is 17.4. The maximum atomic E-state index is 13.1. The second-order valence-electron chi connectivity index (χ2n) is 7.93. The number of hydrogen-bond donors (Lipinski definition) is 1. The number of ether oxygens (including phenoxy) is 1. The highest BCUT2D eigenvalue weighted by Gasteiger charge is 2.35. The minimum Gasteiger partial charge on any atom is -0.462 e. The summed E-state index contributed by atoms with van der Waals surface area (Å²) < 4.78 is 7.19. The normalized spacial score (nSPS) is 23.4. The predicted molar refractivity (Wildman–Crippen MR) is 108 cm³/mol. The summed E-state index contributed by atoms with van der Waals surface area (Å²) in [4.78, 5) is 32.4. The largest absolute Gasteiger partial charge is 0.462 e. The molecular weight excluding hydrogens is 356 g/mol. The van der Waals surface area contributed by atoms with Crippen molar-refractivity contribution in [2.45, 2.75) is 50.7 Å². The number of hydrogen-bond acceptors (Lipinski definition) is 6. The van der Waals surface area contributed by atoms with E-state index in [1.54, 1.807) is 19.3 Å². The summed E-state index contributed by atoms with van der Waals surface area (Å²) in [5.74, 6) is 0.316. The van der Waals surface area contributed by atoms with Crippen LogP contribution >= 0.6 is 0 Å². The van der Waals surface area contributed by atoms with E-state index < -0.39 is 5.97 Å². The summed E-state index contributed by atoms with van der Waals surface area (Å²) in [6.45, 7) is 2.75. The number of anilines is 1. The van der Waals surface area contributed by atoms with Crippen molar-refractivity contribution in [2.24, 2.45) is 5.73 Å². The van der Waals surface area contributed by atoms with Crippen molar-refractivity contribution in [1.29, 1.82) is 0 Å². The van der Waals surface area contributed by atoms with Gasteiger partial charge in [-0.25, -0.2) is 9.78 Å². The molecule has 1 unspecified atom stereocenters. The van der Waals surface area contributed by atoms with Crippen molar-refractivity contribution in [3.05, 3.63) is 39.8 Å². The van der Waals surface area contributed by atoms with Gasteiger partial charge in [-0.15, -0.1) is 0 Å². The minimum absolute atomic E-state index is 0.0849. The first-order valence-electron chi connectivity index (χ1n) is 10.0. The molecule has 0 amide bonds. The van der Waals surface area contributed by atoms with Gasteiger partial charge in [-0.2, -0.15) is 0 Å². The smallest absolute Gasteiger partial charge is 0.343 e. The first-order valence-corrected chi connectivity index (χ1v) is 10.0. The van der Waals surface area contributed by atoms with E-state index in [9.17, 15) is 9.59 Å². The molecular formula is C21H24N4O3. The van der Waals surface area contributed by atoms with Crippen LogP contribution in [0.1, 0.15) is 54.6 Å². The number of fused-ring (bicyclic) bond motifs is 5. The molecule has 1 aliphatic carbocycles. The summed E-state index contributed by atoms with van der Waals surface area (Å²) in [6.07, 6.45) is 11.5. The molecule has 2 atom stereocenters. The van der Waals surface area contributed by atoms with E-state index in [-0.39, 0.29) is 23.6 Å². The van der Waals surface area contributed by atoms with Crippen molar-refractivity contribution in [1.82, 2.24) is 9.55 Å². The molecule has 1 saturated heterocycles. The van der Waals surface area contributed by atoms with Crippen molar-refractivity contribution < 1.29 is 9.53 Å². The fourth-order valence-electron chi connectivity index (χ4n) is 4.52. The van der Waals surface area contributed by atoms with E-state index in [0.717, 1.165) is 49.1 Å². The van der Waals surface area contributed by atoms with Crippen molar-refractivity contribution in [3.63, 3.8) is 0 Å². The van der Waals surface area contributed by atoms with Gasteiger partial charge in [0.05, 0.1) is 17.5 Å². The van der Waals surface area contributed by atoms with Crippen LogP contribution < -0.4 is 16.1 Å². The lowest BCUT2D eigenvalue weighted by Gasteiger charge is -2.26. The Morgan fingerprint density at radius 3 is 2.93 bits per heavy atom. The molecule has 0 aromatic carbocycles. The Labute approximate surface area is 162 Å². The van der Waals surface area contributed by atoms with Crippen LogP contribution in [0.2, 0.25) is 0 Å². The van der Waals surface area contributed by atoms with Gasteiger partial charge in [-0.3, -0.25) is 4.79 Å². The molecule has 2 N–H and O–H groups in total. The van der Waals surface area contributed by atoms with Crippen LogP contribution in [-0.4, -0.2) is 40.8 Å². The highest BCUT2D eigenvalue weighted by Crippen LogP contribution is 2.41. The SMILES string of the molecule is CCOC(=O)c1cn(C2CC2)c2c3c(ncc2c1=O)N1C[C@@H](N)CC1CC=C3. The van der Waals surface area contributed by atoms with Gasteiger partial charge in [-0.1, -0.05) is 12.2 Å². The van der Waals surface area contributed by atoms with Crippen LogP contribution in [0.5, 0.6) is 0 Å². The zero-order chi connectivity index (χ0) is 19.4. The molecule has 2 aliphatic heterocycles. The minimum atomic E-state index is -0.570. The van der Waals surface area contributed by atoms with Gasteiger partial charge < -0.3 is 19.9 Å². The van der Waals surface area contributed by atoms with Gasteiger partial charge in [0.15, 0.2) is 0 Å². The Morgan fingerprint density at radius 1 is 1.36 bits per heavy atom. The van der Waals surface area contributed by atoms with Crippen LogP contribution in [0.15, 0.2) is 23.3 Å². The van der Waals surface area contributed by atoms with Crippen molar-refractivity contribution >= 4 is 28.8 Å². The molecule has 1 saturated carbocycles. The monoisotopic (exact) mass is 380 g/mol. The van der Waals surface area contributed by atoms with Crippen LogP contribution in [0, 0.1) is 0 Å². The molecule has 2 fully saturated rings. The lowest BCUT2D eigenvalue weighted by molar-refractivity contribution is 0.0524. The van der Waals surface area contributed by atoms with E-state index >= 15 is 0 Å². The number of carbonyl (C=O) groups excluding carboxylic acids is 1. The van der Waals surface area contributed by atoms with Crippen molar-refractivity contribution in [3.8, 4) is 0 Å². The third kappa shape index (κ3) is 2.64. The predicted octanol–water partition coefficient (Wildman–Crippen LogP) is 2.23. The molecule has 28 heavy (non-hydrogen) atoms. The van der Waals surface area contributed by atoms with E-state index in [0.29, 0.717) is 17.5 Å². The zero-order valence-electron chi connectivity index (χ0n) is 15.9. The van der Waals surface area contributed by atoms with Crippen LogP contribution in [0.25, 0.3) is 17.0 Å². The topological polar surface area (TPSA) is 90.5 Å². The number of nitrogens with two attached hydrogens (primary N) is 1. The highest BCUT2D eigenvalue weighted by atomic mass is 16.5. The van der Waals surface area contributed by atoms with Gasteiger partial charge in [-0.05, 0) is 32.6 Å². The summed E-state index contributed by atoms with van der Waals surface area (Å²) in [5, 5.41) is 0.475. The average molecular weight is 380 g/mol. The molecule has 2 aromatic rings. The summed E-state index contributed by atoms with van der Waals surface area (Å²) >= 11 is 0. The molecule has 0 bridgehead atoms. The van der Waals surface area contributed by atoms with Crippen LogP contribution in [-0.2, 0) is 4.74 Å². The number of carbonyl (C=O) groups is 1. The fourth-order valence-corrected chi connectivity index (χ4v) is 4.52. The summed E-state index contributed by atoms with van der Waals surface area (Å²) in [6, 6.07) is 0.784. The third-order valence-electron chi connectivity index (χ3n) is 5.93. The lowest BCUT2D eigenvalue weighted by atomic mass is 10.1. The van der Waals surface area contributed by atoms with Gasteiger partial charge in [0, 0.05) is 42.6 Å². The molecule has 3 aliphatic rings. The van der Waals surface area contributed by atoms with Crippen LogP contribution in [0.3, 0.4) is 0 Å². The van der Waals surface area contributed by atoms with Crippen molar-refractivity contribution in [2.75, 3.05) is 18.1 Å². The third-order valence-corrected chi connectivity index (χ3v) is 5.93. The fraction of sp³-hybridized carbons (Fsp3) is 0.476. The Kier molecular flexibility index (Phi) is 4.01. The molecule has 0 spiro atoms. The summed E-state index contributed by atoms with van der Waals surface area (Å²) in [7, 11) is 0. The quantitative estimate of drug-likeness (QED) is 0.821. The number of nitrogens with zero attached hydrogens (tertiary/aromatic N) is 3. The van der Waals surface area contributed by atoms with Gasteiger partial charge in [0.25, 0.3) is 0 Å². The standard InChI is InChI=1S/C21H24N4O3/c1-2-28-21(27)17-11-24(13-6-7-13)18-15-5-3-4-14-8-12(22)10-25(14)20(15)23-9-16(18)19(17)26/h3,5,9,11-14H,2,4,6-8,10,22H2,1H3/t12-,14?/m0/s1. The molecule has 146 valence electrons. The van der Waals surface area contributed by atoms with Gasteiger partial charge in [0.2, 0.25) is 5.43 Å². The average Bonchev–Trinajstić information content (AvgIpc) is 3.47. The maximum absolute atomic E-state index is 13.1.